The summed E-state index contributed by atoms with van der Waals surface area (Å²) in [6, 6.07) is 5.70. The van der Waals surface area contributed by atoms with Crippen molar-refractivity contribution in [3.05, 3.63) is 40.4 Å². The van der Waals surface area contributed by atoms with Crippen molar-refractivity contribution < 1.29 is 9.59 Å². The first-order chi connectivity index (χ1) is 8.82. The number of fused-ring (bicyclic) bond motifs is 2. The summed E-state index contributed by atoms with van der Waals surface area (Å²) in [6.07, 6.45) is 0.202. The zero-order chi connectivity index (χ0) is 14.0. The second-order valence-electron chi connectivity index (χ2n) is 5.73. The summed E-state index contributed by atoms with van der Waals surface area (Å²) >= 11 is 3.45. The van der Waals surface area contributed by atoms with Crippen LogP contribution >= 0.6 is 15.9 Å². The Morgan fingerprint density at radius 2 is 2.00 bits per heavy atom. The molecule has 0 radical (unpaired) electrons. The monoisotopic (exact) mass is 319 g/mol. The van der Waals surface area contributed by atoms with Gasteiger partial charge in [-0.3, -0.25) is 9.59 Å². The number of hydrogen-bond acceptors (Lipinski definition) is 2. The fourth-order valence-corrected chi connectivity index (χ4v) is 3.79. The average molecular weight is 320 g/mol. The van der Waals surface area contributed by atoms with Crippen LogP contribution in [0.5, 0.6) is 0 Å². The van der Waals surface area contributed by atoms with Gasteiger partial charge in [0.05, 0.1) is 11.1 Å². The number of halogens is 1. The Morgan fingerprint density at radius 3 is 2.58 bits per heavy atom. The van der Waals surface area contributed by atoms with E-state index >= 15 is 0 Å². The molecule has 2 aliphatic rings. The van der Waals surface area contributed by atoms with E-state index in [-0.39, 0.29) is 18.1 Å². The Morgan fingerprint density at radius 1 is 1.32 bits per heavy atom. The number of allylic oxidation sites excluding steroid dienone is 1. The third kappa shape index (κ3) is 1.27. The van der Waals surface area contributed by atoms with Gasteiger partial charge in [-0.25, -0.2) is 0 Å². The number of amides is 1. The average Bonchev–Trinajstić information content (AvgIpc) is 2.72. The number of carbonyl (C=O) groups excluding carboxylic acids is 2. The van der Waals surface area contributed by atoms with Crippen molar-refractivity contribution in [2.45, 2.75) is 25.7 Å². The molecule has 1 aliphatic heterocycles. The van der Waals surface area contributed by atoms with Crippen molar-refractivity contribution in [1.82, 2.24) is 0 Å². The van der Waals surface area contributed by atoms with Gasteiger partial charge in [0, 0.05) is 16.3 Å². The molecule has 1 aromatic carbocycles. The lowest BCUT2D eigenvalue weighted by Gasteiger charge is -2.35. The molecule has 3 nitrogen and oxygen atoms in total. The molecule has 1 fully saturated rings. The van der Waals surface area contributed by atoms with Crippen LogP contribution in [0, 0.1) is 5.41 Å². The zero-order valence-corrected chi connectivity index (χ0v) is 12.4. The van der Waals surface area contributed by atoms with E-state index < -0.39 is 10.8 Å². The molecular weight excluding hydrogens is 306 g/mol. The van der Waals surface area contributed by atoms with E-state index in [1.807, 2.05) is 32.0 Å². The predicted octanol–water partition coefficient (Wildman–Crippen LogP) is 3.19. The van der Waals surface area contributed by atoms with Crippen molar-refractivity contribution in [3.63, 3.8) is 0 Å². The van der Waals surface area contributed by atoms with Crippen molar-refractivity contribution in [2.24, 2.45) is 5.41 Å². The van der Waals surface area contributed by atoms with Crippen LogP contribution in [0.1, 0.15) is 25.8 Å². The maximum atomic E-state index is 12.6. The van der Waals surface area contributed by atoms with E-state index in [2.05, 4.69) is 27.8 Å². The molecule has 1 unspecified atom stereocenters. The van der Waals surface area contributed by atoms with Gasteiger partial charge in [0.25, 0.3) is 0 Å². The number of Topliss-reactive ketones (excluding diaryl/α,β-unsaturated/α-hetero) is 1. The Hall–Kier alpha value is -1.42. The molecule has 1 spiro atoms. The van der Waals surface area contributed by atoms with E-state index in [0.717, 1.165) is 15.7 Å². The highest BCUT2D eigenvalue weighted by molar-refractivity contribution is 9.10. The number of benzene rings is 1. The number of carbonyl (C=O) groups is 2. The minimum atomic E-state index is -0.819. The number of hydrogen-bond donors (Lipinski definition) is 1. The molecule has 1 aliphatic carbocycles. The molecule has 1 amide bonds. The maximum Gasteiger partial charge on any atom is 0.236 e. The van der Waals surface area contributed by atoms with E-state index in [1.54, 1.807) is 0 Å². The van der Waals surface area contributed by atoms with Crippen LogP contribution < -0.4 is 5.32 Å². The number of nitrogens with one attached hydrogen (secondary N) is 1. The van der Waals surface area contributed by atoms with E-state index in [0.29, 0.717) is 5.57 Å². The fraction of sp³-hybridized carbons (Fsp3) is 0.333. The van der Waals surface area contributed by atoms with Crippen molar-refractivity contribution >= 4 is 33.3 Å². The van der Waals surface area contributed by atoms with Gasteiger partial charge in [-0.15, -0.1) is 0 Å². The Bertz CT molecular complexity index is 648. The molecule has 0 saturated heterocycles. The molecule has 98 valence electrons. The number of ketones is 1. The number of para-hydroxylation sites is 1. The fourth-order valence-electron chi connectivity index (χ4n) is 3.32. The molecule has 1 aromatic rings. The highest BCUT2D eigenvalue weighted by Gasteiger charge is 2.63. The van der Waals surface area contributed by atoms with Crippen LogP contribution in [-0.4, -0.2) is 11.7 Å². The summed E-state index contributed by atoms with van der Waals surface area (Å²) in [5, 5.41) is 2.92. The molecular formula is C15H14BrNO2. The van der Waals surface area contributed by atoms with Gasteiger partial charge in [0.1, 0.15) is 0 Å². The van der Waals surface area contributed by atoms with Gasteiger partial charge >= 0.3 is 0 Å². The topological polar surface area (TPSA) is 46.2 Å². The Labute approximate surface area is 120 Å². The summed E-state index contributed by atoms with van der Waals surface area (Å²) in [4.78, 5) is 24.7. The van der Waals surface area contributed by atoms with Crippen molar-refractivity contribution in [3.8, 4) is 0 Å². The summed E-state index contributed by atoms with van der Waals surface area (Å²) < 4.78 is 0.844. The van der Waals surface area contributed by atoms with E-state index in [4.69, 9.17) is 0 Å². The Kier molecular flexibility index (Phi) is 2.37. The van der Waals surface area contributed by atoms with Gasteiger partial charge in [0.15, 0.2) is 5.78 Å². The summed E-state index contributed by atoms with van der Waals surface area (Å²) in [7, 11) is 0. The lowest BCUT2D eigenvalue weighted by Crippen LogP contribution is -2.43. The second kappa shape index (κ2) is 3.57. The quantitative estimate of drug-likeness (QED) is 0.746. The van der Waals surface area contributed by atoms with Gasteiger partial charge in [-0.2, -0.15) is 0 Å². The third-order valence-corrected chi connectivity index (χ3v) is 5.34. The molecule has 1 N–H and O–H groups in total. The standard InChI is InChI=1S/C15H14BrNO2/c1-8-11(18)7-15(14(8,2)3)9-5-4-6-10(16)12(9)17-13(15)19/h4-6H,1,7H2,2-3H3,(H,17,19). The van der Waals surface area contributed by atoms with Gasteiger partial charge in [-0.05, 0) is 33.1 Å². The van der Waals surface area contributed by atoms with Crippen molar-refractivity contribution in [2.75, 3.05) is 5.32 Å². The van der Waals surface area contributed by atoms with Crippen LogP contribution in [0.3, 0.4) is 0 Å². The van der Waals surface area contributed by atoms with E-state index in [9.17, 15) is 9.59 Å². The summed E-state index contributed by atoms with van der Waals surface area (Å²) in [5.74, 6) is -0.126. The third-order valence-electron chi connectivity index (χ3n) is 4.68. The Balaban J connectivity index is 2.33. The molecule has 0 bridgehead atoms. The zero-order valence-electron chi connectivity index (χ0n) is 10.8. The predicted molar refractivity (Wildman–Crippen MR) is 77.0 cm³/mol. The normalized spacial score (nSPS) is 27.8. The van der Waals surface area contributed by atoms with Crippen LogP contribution in [0.15, 0.2) is 34.8 Å². The van der Waals surface area contributed by atoms with Gasteiger partial charge < -0.3 is 5.32 Å². The number of anilines is 1. The van der Waals surface area contributed by atoms with Crippen LogP contribution in [0.25, 0.3) is 0 Å². The first-order valence-corrected chi connectivity index (χ1v) is 6.94. The minimum absolute atomic E-state index is 0.0204. The van der Waals surface area contributed by atoms with Crippen LogP contribution in [0.2, 0.25) is 0 Å². The molecule has 0 aromatic heterocycles. The molecule has 3 rings (SSSR count). The van der Waals surface area contributed by atoms with E-state index in [1.165, 1.54) is 0 Å². The van der Waals surface area contributed by atoms with Gasteiger partial charge in [-0.1, -0.05) is 32.6 Å². The highest BCUT2D eigenvalue weighted by Crippen LogP contribution is 2.60. The van der Waals surface area contributed by atoms with Gasteiger partial charge in [0.2, 0.25) is 5.91 Å². The largest absolute Gasteiger partial charge is 0.324 e. The first kappa shape index (κ1) is 12.6. The highest BCUT2D eigenvalue weighted by atomic mass is 79.9. The minimum Gasteiger partial charge on any atom is -0.324 e. The van der Waals surface area contributed by atoms with Crippen LogP contribution in [0.4, 0.5) is 5.69 Å². The first-order valence-electron chi connectivity index (χ1n) is 6.15. The maximum absolute atomic E-state index is 12.6. The lowest BCUT2D eigenvalue weighted by atomic mass is 9.63. The SMILES string of the molecule is C=C1C(=O)CC2(C(=O)Nc3c(Br)cccc32)C1(C)C. The van der Waals surface area contributed by atoms with Crippen molar-refractivity contribution in [1.29, 1.82) is 0 Å². The lowest BCUT2D eigenvalue weighted by molar-refractivity contribution is -0.125. The molecule has 1 heterocycles. The van der Waals surface area contributed by atoms with Crippen LogP contribution in [-0.2, 0) is 15.0 Å². The second-order valence-corrected chi connectivity index (χ2v) is 6.58. The number of rotatable bonds is 0. The molecule has 1 saturated carbocycles. The smallest absolute Gasteiger partial charge is 0.236 e. The molecule has 4 heteroatoms. The molecule has 19 heavy (non-hydrogen) atoms. The summed E-state index contributed by atoms with van der Waals surface area (Å²) in [5.41, 5.74) is 0.822. The summed E-state index contributed by atoms with van der Waals surface area (Å²) in [6.45, 7) is 7.75. The molecule has 1 atom stereocenters.